The van der Waals surface area contributed by atoms with Gasteiger partial charge in [-0.05, 0) is 18.2 Å². The van der Waals surface area contributed by atoms with Crippen molar-refractivity contribution in [3.63, 3.8) is 0 Å². The molecule has 1 aromatic rings. The van der Waals surface area contributed by atoms with Gasteiger partial charge in [0.05, 0.1) is 6.61 Å². The molecule has 3 rings (SSSR count). The number of rotatable bonds is 5. The van der Waals surface area contributed by atoms with Crippen molar-refractivity contribution in [3.8, 4) is 5.75 Å². The predicted molar refractivity (Wildman–Crippen MR) is 72.6 cm³/mol. The molecule has 2 unspecified atom stereocenters. The number of nitrogens with one attached hydrogen (secondary N) is 1. The molecule has 2 aliphatic rings. The fraction of sp³-hybridized carbons (Fsp3) is 0.600. The molecule has 1 fully saturated rings. The number of ether oxygens (including phenoxy) is 3. The largest absolute Gasteiger partial charge is 0.488 e. The minimum atomic E-state index is -0.211. The van der Waals surface area contributed by atoms with Gasteiger partial charge in [-0.3, -0.25) is 0 Å². The number of fused-ring (bicyclic) bond motifs is 1. The first-order valence-corrected chi connectivity index (χ1v) is 6.99. The first-order chi connectivity index (χ1) is 9.71. The Kier molecular flexibility index (Phi) is 3.92. The average Bonchev–Trinajstić information content (AvgIpc) is 3.05. The molecule has 1 saturated heterocycles. The summed E-state index contributed by atoms with van der Waals surface area (Å²) in [7, 11) is 1.72. The van der Waals surface area contributed by atoms with Crippen molar-refractivity contribution in [2.24, 2.45) is 0 Å². The van der Waals surface area contributed by atoms with Crippen LogP contribution in [0.4, 0.5) is 4.39 Å². The van der Waals surface area contributed by atoms with Crippen LogP contribution in [-0.4, -0.2) is 45.1 Å². The van der Waals surface area contributed by atoms with Gasteiger partial charge >= 0.3 is 0 Å². The molecule has 0 aromatic heterocycles. The summed E-state index contributed by atoms with van der Waals surface area (Å²) in [6, 6.07) is 4.69. The van der Waals surface area contributed by atoms with Crippen LogP contribution in [0.5, 0.6) is 5.75 Å². The fourth-order valence-corrected chi connectivity index (χ4v) is 2.82. The zero-order valence-corrected chi connectivity index (χ0v) is 11.7. The van der Waals surface area contributed by atoms with E-state index in [0.29, 0.717) is 6.61 Å². The van der Waals surface area contributed by atoms with Crippen molar-refractivity contribution in [2.45, 2.75) is 24.5 Å². The van der Waals surface area contributed by atoms with E-state index >= 15 is 0 Å². The van der Waals surface area contributed by atoms with Crippen LogP contribution in [0.15, 0.2) is 18.2 Å². The van der Waals surface area contributed by atoms with E-state index in [-0.39, 0.29) is 17.5 Å². The second-order valence-corrected chi connectivity index (χ2v) is 5.52. The Labute approximate surface area is 118 Å². The highest BCUT2D eigenvalue weighted by Gasteiger charge is 2.35. The van der Waals surface area contributed by atoms with Gasteiger partial charge < -0.3 is 19.5 Å². The lowest BCUT2D eigenvalue weighted by atomic mass is 10.0. The van der Waals surface area contributed by atoms with E-state index in [9.17, 15) is 4.39 Å². The Bertz CT molecular complexity index is 474. The maximum atomic E-state index is 13.1. The molecule has 0 bridgehead atoms. The van der Waals surface area contributed by atoms with Crippen LogP contribution < -0.4 is 10.1 Å². The minimum absolute atomic E-state index is 0.0584. The predicted octanol–water partition coefficient (Wildman–Crippen LogP) is 1.52. The van der Waals surface area contributed by atoms with E-state index in [1.54, 1.807) is 19.2 Å². The van der Waals surface area contributed by atoms with E-state index in [1.165, 1.54) is 6.07 Å². The maximum absolute atomic E-state index is 13.1. The van der Waals surface area contributed by atoms with Gasteiger partial charge in [0.15, 0.2) is 0 Å². The molecule has 2 heterocycles. The van der Waals surface area contributed by atoms with Gasteiger partial charge in [-0.15, -0.1) is 0 Å². The highest BCUT2D eigenvalue weighted by molar-refractivity contribution is 5.37. The van der Waals surface area contributed by atoms with Crippen molar-refractivity contribution in [1.82, 2.24) is 5.32 Å². The van der Waals surface area contributed by atoms with Crippen LogP contribution >= 0.6 is 0 Å². The molecule has 20 heavy (non-hydrogen) atoms. The van der Waals surface area contributed by atoms with Crippen LogP contribution in [0.3, 0.4) is 0 Å². The summed E-state index contributed by atoms with van der Waals surface area (Å²) >= 11 is 0. The Morgan fingerprint density at radius 2 is 2.40 bits per heavy atom. The first kappa shape index (κ1) is 13.8. The summed E-state index contributed by atoms with van der Waals surface area (Å²) in [5.74, 6) is 0.589. The van der Waals surface area contributed by atoms with Gasteiger partial charge in [-0.2, -0.15) is 0 Å². The lowest BCUT2D eigenvalue weighted by Gasteiger charge is -2.26. The third-order valence-corrected chi connectivity index (χ3v) is 4.08. The van der Waals surface area contributed by atoms with E-state index < -0.39 is 0 Å². The van der Waals surface area contributed by atoms with E-state index in [0.717, 1.165) is 43.9 Å². The Morgan fingerprint density at radius 3 is 3.15 bits per heavy atom. The van der Waals surface area contributed by atoms with Crippen molar-refractivity contribution >= 4 is 0 Å². The number of methoxy groups -OCH3 is 1. The Hall–Kier alpha value is -1.17. The Morgan fingerprint density at radius 1 is 1.50 bits per heavy atom. The molecule has 5 heteroatoms. The second-order valence-electron chi connectivity index (χ2n) is 5.52. The molecule has 0 amide bonds. The number of hydrogen-bond donors (Lipinski definition) is 1. The molecule has 2 aliphatic heterocycles. The van der Waals surface area contributed by atoms with E-state index in [1.807, 2.05) is 0 Å². The zero-order chi connectivity index (χ0) is 14.0. The number of benzene rings is 1. The molecule has 0 radical (unpaired) electrons. The summed E-state index contributed by atoms with van der Waals surface area (Å²) in [6.45, 7) is 2.85. The molecule has 0 spiro atoms. The summed E-state index contributed by atoms with van der Waals surface area (Å²) in [4.78, 5) is 0. The normalized spacial score (nSPS) is 28.4. The SMILES string of the molecule is COC1(CNCC2Cc3cc(F)ccc3O2)CCOC1. The molecule has 4 nitrogen and oxygen atoms in total. The highest BCUT2D eigenvalue weighted by Crippen LogP contribution is 2.29. The van der Waals surface area contributed by atoms with Gasteiger partial charge in [0.25, 0.3) is 0 Å². The molecule has 0 aliphatic carbocycles. The van der Waals surface area contributed by atoms with Gasteiger partial charge in [-0.25, -0.2) is 4.39 Å². The quantitative estimate of drug-likeness (QED) is 0.888. The molecule has 0 saturated carbocycles. The second kappa shape index (κ2) is 5.68. The summed E-state index contributed by atoms with van der Waals surface area (Å²) < 4.78 is 29.9. The van der Waals surface area contributed by atoms with Gasteiger partial charge in [0.1, 0.15) is 23.3 Å². The van der Waals surface area contributed by atoms with Crippen LogP contribution in [0.2, 0.25) is 0 Å². The molecule has 1 N–H and O–H groups in total. The highest BCUT2D eigenvalue weighted by atomic mass is 19.1. The molecular formula is C15H20FNO3. The van der Waals surface area contributed by atoms with Crippen molar-refractivity contribution in [2.75, 3.05) is 33.4 Å². The van der Waals surface area contributed by atoms with Crippen LogP contribution in [0.25, 0.3) is 0 Å². The van der Waals surface area contributed by atoms with Crippen molar-refractivity contribution in [1.29, 1.82) is 0 Å². The first-order valence-electron chi connectivity index (χ1n) is 6.99. The van der Waals surface area contributed by atoms with Crippen LogP contribution in [-0.2, 0) is 15.9 Å². The monoisotopic (exact) mass is 281 g/mol. The number of halogens is 1. The molecule has 2 atom stereocenters. The van der Waals surface area contributed by atoms with E-state index in [2.05, 4.69) is 5.32 Å². The standard InChI is InChI=1S/C15H20FNO3/c1-18-15(4-5-19-10-15)9-17-8-13-7-11-6-12(16)2-3-14(11)20-13/h2-3,6,13,17H,4-5,7-10H2,1H3. The third kappa shape index (κ3) is 2.80. The summed E-state index contributed by atoms with van der Waals surface area (Å²) in [5.41, 5.74) is 0.736. The topological polar surface area (TPSA) is 39.7 Å². The van der Waals surface area contributed by atoms with Gasteiger partial charge in [0.2, 0.25) is 0 Å². The Balaban J connectivity index is 1.49. The van der Waals surface area contributed by atoms with Gasteiger partial charge in [-0.1, -0.05) is 0 Å². The van der Waals surface area contributed by atoms with Crippen LogP contribution in [0, 0.1) is 5.82 Å². The number of hydrogen-bond acceptors (Lipinski definition) is 4. The molecular weight excluding hydrogens is 261 g/mol. The molecule has 110 valence electrons. The lowest BCUT2D eigenvalue weighted by molar-refractivity contribution is -0.0167. The average molecular weight is 281 g/mol. The van der Waals surface area contributed by atoms with E-state index in [4.69, 9.17) is 14.2 Å². The van der Waals surface area contributed by atoms with Crippen molar-refractivity contribution < 1.29 is 18.6 Å². The van der Waals surface area contributed by atoms with Gasteiger partial charge in [0, 0.05) is 45.2 Å². The minimum Gasteiger partial charge on any atom is -0.488 e. The fourth-order valence-electron chi connectivity index (χ4n) is 2.82. The third-order valence-electron chi connectivity index (χ3n) is 4.08. The zero-order valence-electron chi connectivity index (χ0n) is 11.7. The van der Waals surface area contributed by atoms with Crippen molar-refractivity contribution in [3.05, 3.63) is 29.6 Å². The molecule has 1 aromatic carbocycles. The van der Waals surface area contributed by atoms with Crippen LogP contribution in [0.1, 0.15) is 12.0 Å². The summed E-state index contributed by atoms with van der Waals surface area (Å²) in [5, 5.41) is 3.39. The summed E-state index contributed by atoms with van der Waals surface area (Å²) in [6.07, 6.45) is 1.72. The maximum Gasteiger partial charge on any atom is 0.123 e. The lowest BCUT2D eigenvalue weighted by Crippen LogP contribution is -2.45. The smallest absolute Gasteiger partial charge is 0.123 e.